The third-order valence-corrected chi connectivity index (χ3v) is 4.18. The first-order valence-electron chi connectivity index (χ1n) is 7.17. The van der Waals surface area contributed by atoms with Crippen molar-refractivity contribution in [2.24, 2.45) is 0 Å². The average molecular weight is 289 g/mol. The van der Waals surface area contributed by atoms with Crippen molar-refractivity contribution in [1.82, 2.24) is 15.2 Å². The number of aryl methyl sites for hydroxylation is 4. The SMILES string of the molecule is Cc1noc(C)c1C(=O)N1CCC[C@@H]1c1c(C)noc1C. The number of hydrogen-bond acceptors (Lipinski definition) is 5. The Balaban J connectivity index is 1.97. The third-order valence-electron chi connectivity index (χ3n) is 4.18. The van der Waals surface area contributed by atoms with Crippen molar-refractivity contribution in [3.8, 4) is 0 Å². The van der Waals surface area contributed by atoms with Gasteiger partial charge in [0, 0.05) is 12.1 Å². The zero-order valence-corrected chi connectivity index (χ0v) is 12.8. The van der Waals surface area contributed by atoms with Crippen molar-refractivity contribution in [2.45, 2.75) is 46.6 Å². The number of aromatic nitrogens is 2. The van der Waals surface area contributed by atoms with Crippen molar-refractivity contribution in [2.75, 3.05) is 6.54 Å². The fraction of sp³-hybridized carbons (Fsp3) is 0.533. The molecule has 3 rings (SSSR count). The van der Waals surface area contributed by atoms with Crippen LogP contribution >= 0.6 is 0 Å². The van der Waals surface area contributed by atoms with Gasteiger partial charge in [-0.25, -0.2) is 0 Å². The molecule has 1 saturated heterocycles. The molecular formula is C15H19N3O3. The number of amides is 1. The lowest BCUT2D eigenvalue weighted by atomic mass is 10.0. The topological polar surface area (TPSA) is 72.4 Å². The molecule has 0 aliphatic carbocycles. The van der Waals surface area contributed by atoms with E-state index >= 15 is 0 Å². The summed E-state index contributed by atoms with van der Waals surface area (Å²) in [7, 11) is 0. The van der Waals surface area contributed by atoms with Gasteiger partial charge in [-0.3, -0.25) is 4.79 Å². The van der Waals surface area contributed by atoms with Crippen LogP contribution in [0.15, 0.2) is 9.05 Å². The number of carbonyl (C=O) groups excluding carboxylic acids is 1. The molecule has 6 nitrogen and oxygen atoms in total. The predicted molar refractivity (Wildman–Crippen MR) is 75.0 cm³/mol. The molecule has 6 heteroatoms. The maximum atomic E-state index is 12.9. The zero-order chi connectivity index (χ0) is 15.1. The Labute approximate surface area is 123 Å². The molecule has 1 aliphatic rings. The summed E-state index contributed by atoms with van der Waals surface area (Å²) in [6.45, 7) is 8.12. The van der Waals surface area contributed by atoms with Gasteiger partial charge >= 0.3 is 0 Å². The van der Waals surface area contributed by atoms with E-state index in [0.29, 0.717) is 17.0 Å². The Morgan fingerprint density at radius 2 is 1.76 bits per heavy atom. The van der Waals surface area contributed by atoms with E-state index in [-0.39, 0.29) is 11.9 Å². The smallest absolute Gasteiger partial charge is 0.259 e. The number of likely N-dealkylation sites (tertiary alicyclic amines) is 1. The molecule has 0 unspecified atom stereocenters. The van der Waals surface area contributed by atoms with Crippen LogP contribution in [0.2, 0.25) is 0 Å². The average Bonchev–Trinajstić information content (AvgIpc) is 3.11. The molecule has 2 aromatic rings. The highest BCUT2D eigenvalue weighted by Crippen LogP contribution is 2.37. The molecule has 3 heterocycles. The molecule has 1 atom stereocenters. The second-order valence-electron chi connectivity index (χ2n) is 5.59. The van der Waals surface area contributed by atoms with Crippen molar-refractivity contribution in [3.05, 3.63) is 34.0 Å². The highest BCUT2D eigenvalue weighted by Gasteiger charge is 2.36. The minimum atomic E-state index is -0.0197. The van der Waals surface area contributed by atoms with Gasteiger partial charge in [0.15, 0.2) is 0 Å². The Bertz CT molecular complexity index is 647. The highest BCUT2D eigenvalue weighted by molar-refractivity contribution is 5.96. The summed E-state index contributed by atoms with van der Waals surface area (Å²) in [6.07, 6.45) is 1.90. The van der Waals surface area contributed by atoms with Gasteiger partial charge in [0.1, 0.15) is 17.1 Å². The molecule has 1 aliphatic heterocycles. The quantitative estimate of drug-likeness (QED) is 0.850. The minimum absolute atomic E-state index is 0.0197. The summed E-state index contributed by atoms with van der Waals surface area (Å²) >= 11 is 0. The lowest BCUT2D eigenvalue weighted by molar-refractivity contribution is 0.0732. The monoisotopic (exact) mass is 289 g/mol. The maximum Gasteiger partial charge on any atom is 0.259 e. The Hall–Kier alpha value is -2.11. The molecular weight excluding hydrogens is 270 g/mol. The van der Waals surface area contributed by atoms with E-state index in [4.69, 9.17) is 9.05 Å². The van der Waals surface area contributed by atoms with Gasteiger partial charge in [-0.1, -0.05) is 10.3 Å². The zero-order valence-electron chi connectivity index (χ0n) is 12.8. The van der Waals surface area contributed by atoms with Crippen molar-refractivity contribution in [1.29, 1.82) is 0 Å². The first-order valence-corrected chi connectivity index (χ1v) is 7.17. The van der Waals surface area contributed by atoms with E-state index < -0.39 is 0 Å². The Kier molecular flexibility index (Phi) is 3.31. The van der Waals surface area contributed by atoms with Gasteiger partial charge in [0.25, 0.3) is 5.91 Å². The van der Waals surface area contributed by atoms with Crippen LogP contribution in [0, 0.1) is 27.7 Å². The summed E-state index contributed by atoms with van der Waals surface area (Å²) in [5.41, 5.74) is 3.11. The third kappa shape index (κ3) is 2.14. The molecule has 1 amide bonds. The second kappa shape index (κ2) is 5.02. The summed E-state index contributed by atoms with van der Waals surface area (Å²) in [4.78, 5) is 14.7. The van der Waals surface area contributed by atoms with Gasteiger partial charge in [0.2, 0.25) is 0 Å². The normalized spacial score (nSPS) is 18.5. The van der Waals surface area contributed by atoms with Crippen molar-refractivity contribution in [3.63, 3.8) is 0 Å². The van der Waals surface area contributed by atoms with E-state index in [2.05, 4.69) is 10.3 Å². The number of carbonyl (C=O) groups is 1. The van der Waals surface area contributed by atoms with Gasteiger partial charge in [-0.15, -0.1) is 0 Å². The van der Waals surface area contributed by atoms with E-state index in [1.165, 1.54) is 0 Å². The molecule has 112 valence electrons. The first-order chi connectivity index (χ1) is 10.0. The van der Waals surface area contributed by atoms with Gasteiger partial charge in [-0.2, -0.15) is 0 Å². The molecule has 0 radical (unpaired) electrons. The van der Waals surface area contributed by atoms with Crippen LogP contribution in [-0.4, -0.2) is 27.7 Å². The standard InChI is InChI=1S/C15H19N3O3/c1-8-13(10(3)20-16-8)12-6-5-7-18(12)15(19)14-9(2)17-21-11(14)4/h12H,5-7H2,1-4H3/t12-/m1/s1. The van der Waals surface area contributed by atoms with Crippen LogP contribution in [0.1, 0.15) is 57.7 Å². The van der Waals surface area contributed by atoms with Crippen LogP contribution in [0.5, 0.6) is 0 Å². The maximum absolute atomic E-state index is 12.9. The van der Waals surface area contributed by atoms with E-state index in [9.17, 15) is 4.79 Å². The summed E-state index contributed by atoms with van der Waals surface area (Å²) in [6, 6.07) is 0.0254. The Morgan fingerprint density at radius 3 is 2.33 bits per heavy atom. The number of nitrogens with zero attached hydrogens (tertiary/aromatic N) is 3. The summed E-state index contributed by atoms with van der Waals surface area (Å²) in [5.74, 6) is 1.34. The molecule has 0 bridgehead atoms. The fourth-order valence-corrected chi connectivity index (χ4v) is 3.21. The first kappa shape index (κ1) is 13.9. The van der Waals surface area contributed by atoms with Crippen LogP contribution in [-0.2, 0) is 0 Å². The lowest BCUT2D eigenvalue weighted by Gasteiger charge is -2.24. The van der Waals surface area contributed by atoms with E-state index in [1.807, 2.05) is 18.7 Å². The molecule has 2 aromatic heterocycles. The molecule has 21 heavy (non-hydrogen) atoms. The molecule has 0 spiro atoms. The number of rotatable bonds is 2. The predicted octanol–water partition coefficient (Wildman–Crippen LogP) is 2.87. The molecule has 1 fully saturated rings. The molecule has 0 N–H and O–H groups in total. The van der Waals surface area contributed by atoms with Gasteiger partial charge < -0.3 is 13.9 Å². The summed E-state index contributed by atoms with van der Waals surface area (Å²) < 4.78 is 10.4. The highest BCUT2D eigenvalue weighted by atomic mass is 16.5. The van der Waals surface area contributed by atoms with Crippen molar-refractivity contribution < 1.29 is 13.8 Å². The van der Waals surface area contributed by atoms with Gasteiger partial charge in [-0.05, 0) is 40.5 Å². The van der Waals surface area contributed by atoms with Crippen LogP contribution in [0.3, 0.4) is 0 Å². The second-order valence-corrected chi connectivity index (χ2v) is 5.59. The minimum Gasteiger partial charge on any atom is -0.361 e. The molecule has 0 aromatic carbocycles. The van der Waals surface area contributed by atoms with Crippen LogP contribution in [0.4, 0.5) is 0 Å². The van der Waals surface area contributed by atoms with E-state index in [0.717, 1.165) is 36.4 Å². The molecule has 0 saturated carbocycles. The summed E-state index contributed by atoms with van der Waals surface area (Å²) in [5, 5.41) is 7.89. The van der Waals surface area contributed by atoms with Crippen molar-refractivity contribution >= 4 is 5.91 Å². The lowest BCUT2D eigenvalue weighted by Crippen LogP contribution is -2.31. The van der Waals surface area contributed by atoms with Crippen LogP contribution in [0.25, 0.3) is 0 Å². The van der Waals surface area contributed by atoms with Crippen LogP contribution < -0.4 is 0 Å². The number of hydrogen-bond donors (Lipinski definition) is 0. The van der Waals surface area contributed by atoms with E-state index in [1.54, 1.807) is 13.8 Å². The fourth-order valence-electron chi connectivity index (χ4n) is 3.21. The largest absolute Gasteiger partial charge is 0.361 e. The van der Waals surface area contributed by atoms with Gasteiger partial charge in [0.05, 0.1) is 17.4 Å². The Morgan fingerprint density at radius 1 is 1.10 bits per heavy atom.